The van der Waals surface area contributed by atoms with Crippen molar-refractivity contribution in [1.29, 1.82) is 0 Å². The molecular formula is C23H35NO4S. The molecule has 2 saturated carbocycles. The van der Waals surface area contributed by atoms with Gasteiger partial charge in [-0.25, -0.2) is 8.42 Å². The van der Waals surface area contributed by atoms with Gasteiger partial charge in [0.1, 0.15) is 16.4 Å². The van der Waals surface area contributed by atoms with Crippen molar-refractivity contribution in [3.63, 3.8) is 0 Å². The number of methoxy groups -OCH3 is 2. The standard InChI is InChI=1S/C23H35NO4S/c1-21(2)9-7-10-22(3)16(21)8-11-23(4)17(22)13-29(25,26)20-18(23)14(27-5)12-15(28-6)19(20)24/h12,16-17H,7-11,13,24H2,1-6H3/t16?,17-,22+,23-/m1/s1. The number of hydrogen-bond donors (Lipinski definition) is 1. The lowest BCUT2D eigenvalue weighted by Gasteiger charge is -2.63. The van der Waals surface area contributed by atoms with Crippen LogP contribution in [0.1, 0.15) is 65.4 Å². The highest BCUT2D eigenvalue weighted by Crippen LogP contribution is 2.68. The van der Waals surface area contributed by atoms with Crippen molar-refractivity contribution in [3.8, 4) is 11.5 Å². The van der Waals surface area contributed by atoms with E-state index in [9.17, 15) is 8.42 Å². The summed E-state index contributed by atoms with van der Waals surface area (Å²) in [7, 11) is -0.451. The minimum Gasteiger partial charge on any atom is -0.496 e. The molecule has 162 valence electrons. The Hall–Kier alpha value is -1.43. The lowest BCUT2D eigenvalue weighted by Crippen LogP contribution is -2.60. The Balaban J connectivity index is 2.00. The average Bonchev–Trinajstić information content (AvgIpc) is 2.63. The van der Waals surface area contributed by atoms with Crippen LogP contribution in [0.5, 0.6) is 11.5 Å². The van der Waals surface area contributed by atoms with E-state index in [-0.39, 0.29) is 38.5 Å². The molecule has 1 unspecified atom stereocenters. The molecule has 2 N–H and O–H groups in total. The van der Waals surface area contributed by atoms with E-state index in [2.05, 4.69) is 27.7 Å². The van der Waals surface area contributed by atoms with Gasteiger partial charge >= 0.3 is 0 Å². The fourth-order valence-electron chi connectivity index (χ4n) is 7.45. The van der Waals surface area contributed by atoms with Crippen molar-refractivity contribution < 1.29 is 17.9 Å². The number of fused-ring (bicyclic) bond motifs is 5. The van der Waals surface area contributed by atoms with Crippen LogP contribution < -0.4 is 15.2 Å². The van der Waals surface area contributed by atoms with Crippen LogP contribution in [0.25, 0.3) is 0 Å². The highest BCUT2D eigenvalue weighted by atomic mass is 32.2. The van der Waals surface area contributed by atoms with Gasteiger partial charge in [-0.3, -0.25) is 0 Å². The highest BCUT2D eigenvalue weighted by molar-refractivity contribution is 7.91. The van der Waals surface area contributed by atoms with Crippen LogP contribution in [-0.2, 0) is 15.3 Å². The topological polar surface area (TPSA) is 78.6 Å². The number of sulfone groups is 1. The zero-order chi connectivity index (χ0) is 21.4. The van der Waals surface area contributed by atoms with Crippen LogP contribution in [0.3, 0.4) is 0 Å². The second kappa shape index (κ2) is 6.29. The molecule has 0 saturated heterocycles. The van der Waals surface area contributed by atoms with E-state index in [4.69, 9.17) is 15.2 Å². The second-order valence-corrected chi connectivity index (χ2v) is 12.6. The quantitative estimate of drug-likeness (QED) is 0.708. The lowest BCUT2D eigenvalue weighted by molar-refractivity contribution is -0.0984. The van der Waals surface area contributed by atoms with Gasteiger partial charge < -0.3 is 15.2 Å². The molecule has 1 aromatic rings. The van der Waals surface area contributed by atoms with Gasteiger partial charge in [-0.15, -0.1) is 0 Å². The Morgan fingerprint density at radius 3 is 2.28 bits per heavy atom. The van der Waals surface area contributed by atoms with Crippen LogP contribution in [0.2, 0.25) is 0 Å². The van der Waals surface area contributed by atoms with Crippen LogP contribution in [0, 0.1) is 22.7 Å². The van der Waals surface area contributed by atoms with Crippen molar-refractivity contribution in [3.05, 3.63) is 11.6 Å². The maximum atomic E-state index is 13.6. The second-order valence-electron chi connectivity index (χ2n) is 10.6. The van der Waals surface area contributed by atoms with Gasteiger partial charge in [-0.05, 0) is 48.3 Å². The third kappa shape index (κ3) is 2.67. The zero-order valence-corrected chi connectivity index (χ0v) is 19.4. The monoisotopic (exact) mass is 421 g/mol. The first-order valence-electron chi connectivity index (χ1n) is 10.7. The van der Waals surface area contributed by atoms with Gasteiger partial charge in [0, 0.05) is 17.0 Å². The van der Waals surface area contributed by atoms with Crippen LogP contribution in [-0.4, -0.2) is 28.4 Å². The summed E-state index contributed by atoms with van der Waals surface area (Å²) in [6.45, 7) is 9.32. The fraction of sp³-hybridized carbons (Fsp3) is 0.739. The largest absolute Gasteiger partial charge is 0.496 e. The molecule has 0 spiro atoms. The van der Waals surface area contributed by atoms with E-state index in [1.165, 1.54) is 13.5 Å². The molecule has 2 fully saturated rings. The molecule has 1 heterocycles. The van der Waals surface area contributed by atoms with E-state index in [1.807, 2.05) is 0 Å². The molecule has 0 aromatic heterocycles. The molecule has 2 aliphatic carbocycles. The van der Waals surface area contributed by atoms with E-state index < -0.39 is 9.84 Å². The predicted molar refractivity (Wildman–Crippen MR) is 115 cm³/mol. The number of ether oxygens (including phenoxy) is 2. The van der Waals surface area contributed by atoms with Gasteiger partial charge in [0.15, 0.2) is 9.84 Å². The predicted octanol–water partition coefficient (Wildman–Crippen LogP) is 4.57. The number of hydrogen-bond acceptors (Lipinski definition) is 5. The van der Waals surface area contributed by atoms with Gasteiger partial charge in [0.2, 0.25) is 0 Å². The van der Waals surface area contributed by atoms with Crippen molar-refractivity contribution in [2.24, 2.45) is 22.7 Å². The first-order valence-corrected chi connectivity index (χ1v) is 12.4. The van der Waals surface area contributed by atoms with Crippen molar-refractivity contribution in [1.82, 2.24) is 0 Å². The molecule has 0 amide bonds. The van der Waals surface area contributed by atoms with Gasteiger partial charge in [-0.2, -0.15) is 0 Å². The summed E-state index contributed by atoms with van der Waals surface area (Å²) in [5.41, 5.74) is 7.28. The summed E-state index contributed by atoms with van der Waals surface area (Å²) in [4.78, 5) is 0.240. The van der Waals surface area contributed by atoms with E-state index in [0.29, 0.717) is 17.4 Å². The van der Waals surface area contributed by atoms with Crippen LogP contribution in [0.4, 0.5) is 5.69 Å². The van der Waals surface area contributed by atoms with E-state index in [0.717, 1.165) is 31.2 Å². The molecule has 6 heteroatoms. The molecule has 1 aliphatic heterocycles. The normalized spacial score (nSPS) is 37.0. The molecule has 4 rings (SSSR count). The smallest absolute Gasteiger partial charge is 0.181 e. The first-order chi connectivity index (χ1) is 13.4. The number of anilines is 1. The van der Waals surface area contributed by atoms with Crippen LogP contribution in [0.15, 0.2) is 11.0 Å². The third-order valence-electron chi connectivity index (χ3n) is 8.75. The SMILES string of the molecule is COc1cc(OC)c2c(c1N)S(=O)(=O)C[C@H]1[C@@]2(C)CCC2C(C)(C)CCC[C@@]21C. The summed E-state index contributed by atoms with van der Waals surface area (Å²) >= 11 is 0. The van der Waals surface area contributed by atoms with Crippen LogP contribution >= 0.6 is 0 Å². The molecule has 1 aromatic carbocycles. The van der Waals surface area contributed by atoms with Gasteiger partial charge in [0.25, 0.3) is 0 Å². The Kier molecular flexibility index (Phi) is 4.51. The molecular weight excluding hydrogens is 386 g/mol. The summed E-state index contributed by atoms with van der Waals surface area (Å²) in [5.74, 6) is 1.68. The van der Waals surface area contributed by atoms with E-state index in [1.54, 1.807) is 13.2 Å². The van der Waals surface area contributed by atoms with Crippen molar-refractivity contribution >= 4 is 15.5 Å². The molecule has 3 aliphatic rings. The van der Waals surface area contributed by atoms with Crippen molar-refractivity contribution in [2.75, 3.05) is 25.7 Å². The first kappa shape index (κ1) is 20.8. The number of nitrogens with two attached hydrogens (primary N) is 1. The third-order valence-corrected chi connectivity index (χ3v) is 10.6. The highest BCUT2D eigenvalue weighted by Gasteiger charge is 2.63. The molecule has 0 radical (unpaired) electrons. The van der Waals surface area contributed by atoms with Crippen molar-refractivity contribution in [2.45, 2.75) is 70.1 Å². The Morgan fingerprint density at radius 2 is 1.66 bits per heavy atom. The Morgan fingerprint density at radius 1 is 1.00 bits per heavy atom. The molecule has 0 bridgehead atoms. The minimum atomic E-state index is -3.56. The Bertz CT molecular complexity index is 954. The Labute approximate surface area is 175 Å². The molecule has 29 heavy (non-hydrogen) atoms. The number of benzene rings is 1. The summed E-state index contributed by atoms with van der Waals surface area (Å²) in [6, 6.07) is 1.76. The number of rotatable bonds is 2. The fourth-order valence-corrected chi connectivity index (χ4v) is 9.88. The summed E-state index contributed by atoms with van der Waals surface area (Å²) < 4.78 is 38.3. The van der Waals surface area contributed by atoms with Gasteiger partial charge in [-0.1, -0.05) is 34.1 Å². The minimum absolute atomic E-state index is 0.0147. The summed E-state index contributed by atoms with van der Waals surface area (Å²) in [6.07, 6.45) is 5.51. The number of nitrogen functional groups attached to an aromatic ring is 1. The van der Waals surface area contributed by atoms with Gasteiger partial charge in [0.05, 0.1) is 25.7 Å². The maximum absolute atomic E-state index is 13.6. The molecule has 5 nitrogen and oxygen atoms in total. The molecule has 4 atom stereocenters. The average molecular weight is 422 g/mol. The van der Waals surface area contributed by atoms with E-state index >= 15 is 0 Å². The summed E-state index contributed by atoms with van der Waals surface area (Å²) in [5, 5.41) is 0. The zero-order valence-electron chi connectivity index (χ0n) is 18.6. The maximum Gasteiger partial charge on any atom is 0.181 e. The lowest BCUT2D eigenvalue weighted by atomic mass is 9.43.